The molecule has 3 aromatic rings. The van der Waals surface area contributed by atoms with Gasteiger partial charge in [-0.3, -0.25) is 4.79 Å². The lowest BCUT2D eigenvalue weighted by atomic mass is 9.98. The molecule has 146 valence electrons. The molecular weight excluding hydrogens is 377 g/mol. The van der Waals surface area contributed by atoms with Crippen molar-refractivity contribution in [3.8, 4) is 6.07 Å². The Bertz CT molecular complexity index is 1140. The average molecular weight is 392 g/mol. The summed E-state index contributed by atoms with van der Waals surface area (Å²) in [6.45, 7) is 2.24. The molecule has 1 unspecified atom stereocenters. The highest BCUT2D eigenvalue weighted by atomic mass is 19.4. The predicted molar refractivity (Wildman–Crippen MR) is 92.5 cm³/mol. The Morgan fingerprint density at radius 1 is 1.39 bits per heavy atom. The third-order valence-electron chi connectivity index (χ3n) is 4.23. The number of rotatable bonds is 4. The average Bonchev–Trinajstić information content (AvgIpc) is 2.99. The fourth-order valence-corrected chi connectivity index (χ4v) is 2.92. The molecule has 0 radical (unpaired) electrons. The van der Waals surface area contributed by atoms with E-state index in [9.17, 15) is 23.1 Å². The highest BCUT2D eigenvalue weighted by Crippen LogP contribution is 2.34. The van der Waals surface area contributed by atoms with Crippen molar-refractivity contribution < 1.29 is 18.3 Å². The number of nitriles is 1. The summed E-state index contributed by atoms with van der Waals surface area (Å²) in [5.41, 5.74) is -2.29. The summed E-state index contributed by atoms with van der Waals surface area (Å²) >= 11 is 0. The molecule has 0 fully saturated rings. The van der Waals surface area contributed by atoms with E-state index in [1.807, 2.05) is 6.92 Å². The lowest BCUT2D eigenvalue weighted by Crippen LogP contribution is -2.22. The number of halogens is 3. The summed E-state index contributed by atoms with van der Waals surface area (Å²) in [4.78, 5) is 13.2. The van der Waals surface area contributed by atoms with Crippen molar-refractivity contribution in [2.75, 3.05) is 5.84 Å². The molecule has 2 aromatic heterocycles. The van der Waals surface area contributed by atoms with Gasteiger partial charge in [-0.05, 0) is 24.1 Å². The molecule has 11 heteroatoms. The fraction of sp³-hybridized carbons (Fsp3) is 0.294. The second kappa shape index (κ2) is 6.97. The highest BCUT2D eigenvalue weighted by molar-refractivity contribution is 5.80. The van der Waals surface area contributed by atoms with Crippen LogP contribution in [-0.2, 0) is 12.7 Å². The van der Waals surface area contributed by atoms with Crippen LogP contribution < -0.4 is 11.4 Å². The highest BCUT2D eigenvalue weighted by Gasteiger charge is 2.34. The van der Waals surface area contributed by atoms with Crippen LogP contribution in [0.5, 0.6) is 0 Å². The van der Waals surface area contributed by atoms with Crippen molar-refractivity contribution in [2.24, 2.45) is 0 Å². The van der Waals surface area contributed by atoms with Crippen LogP contribution in [0.3, 0.4) is 0 Å². The lowest BCUT2D eigenvalue weighted by Gasteiger charge is -2.15. The van der Waals surface area contributed by atoms with Crippen LogP contribution >= 0.6 is 0 Å². The Hall–Kier alpha value is -3.39. The zero-order valence-corrected chi connectivity index (χ0v) is 14.6. The van der Waals surface area contributed by atoms with Crippen molar-refractivity contribution in [1.29, 1.82) is 5.26 Å². The van der Waals surface area contributed by atoms with Crippen LogP contribution in [-0.4, -0.2) is 24.8 Å². The van der Waals surface area contributed by atoms with Crippen molar-refractivity contribution in [2.45, 2.75) is 32.2 Å². The first kappa shape index (κ1) is 19.4. The Morgan fingerprint density at radius 2 is 2.11 bits per heavy atom. The van der Waals surface area contributed by atoms with E-state index in [1.54, 1.807) is 0 Å². The number of aliphatic hydroxyl groups is 1. The van der Waals surface area contributed by atoms with E-state index in [0.717, 1.165) is 16.9 Å². The van der Waals surface area contributed by atoms with E-state index in [4.69, 9.17) is 11.1 Å². The van der Waals surface area contributed by atoms with Gasteiger partial charge in [0.05, 0.1) is 28.8 Å². The van der Waals surface area contributed by atoms with Gasteiger partial charge in [-0.1, -0.05) is 13.0 Å². The molecule has 0 aliphatic rings. The zero-order chi connectivity index (χ0) is 20.6. The number of alkyl halides is 3. The Balaban J connectivity index is 2.13. The van der Waals surface area contributed by atoms with Crippen LogP contribution in [0.2, 0.25) is 0 Å². The van der Waals surface area contributed by atoms with Crippen LogP contribution in [0.25, 0.3) is 10.9 Å². The number of fused-ring (bicyclic) bond motifs is 1. The summed E-state index contributed by atoms with van der Waals surface area (Å²) in [7, 11) is 0. The summed E-state index contributed by atoms with van der Waals surface area (Å²) in [6.07, 6.45) is -4.24. The smallest absolute Gasteiger partial charge is 0.382 e. The first-order valence-electron chi connectivity index (χ1n) is 8.22. The largest absolute Gasteiger partial charge is 0.417 e. The molecule has 0 saturated heterocycles. The summed E-state index contributed by atoms with van der Waals surface area (Å²) in [5.74, 6) is 5.78. The minimum Gasteiger partial charge on any atom is -0.382 e. The fourth-order valence-electron chi connectivity index (χ4n) is 2.92. The number of aliphatic hydroxyl groups excluding tert-OH is 1. The van der Waals surface area contributed by atoms with E-state index in [2.05, 4.69) is 10.2 Å². The molecule has 0 saturated carbocycles. The van der Waals surface area contributed by atoms with Crippen molar-refractivity contribution in [3.05, 3.63) is 57.1 Å². The van der Waals surface area contributed by atoms with Gasteiger partial charge in [0, 0.05) is 6.54 Å². The van der Waals surface area contributed by atoms with E-state index >= 15 is 0 Å². The zero-order valence-electron chi connectivity index (χ0n) is 14.6. The van der Waals surface area contributed by atoms with Gasteiger partial charge in [-0.25, -0.2) is 4.68 Å². The Morgan fingerprint density at radius 3 is 2.71 bits per heavy atom. The van der Waals surface area contributed by atoms with Gasteiger partial charge in [0.25, 0.3) is 5.56 Å². The quantitative estimate of drug-likeness (QED) is 0.652. The van der Waals surface area contributed by atoms with Gasteiger partial charge in [-0.2, -0.15) is 28.3 Å². The minimum atomic E-state index is -4.70. The van der Waals surface area contributed by atoms with Gasteiger partial charge < -0.3 is 10.9 Å². The maximum absolute atomic E-state index is 13.0. The monoisotopic (exact) mass is 392 g/mol. The number of nitrogen functional groups attached to an aromatic ring is 1. The Kier molecular flexibility index (Phi) is 4.82. The number of aryl methyl sites for hydroxylation is 1. The van der Waals surface area contributed by atoms with E-state index in [1.165, 1.54) is 16.9 Å². The third-order valence-corrected chi connectivity index (χ3v) is 4.23. The normalized spacial score (nSPS) is 12.9. The molecule has 0 amide bonds. The van der Waals surface area contributed by atoms with Gasteiger partial charge in [-0.15, -0.1) is 5.10 Å². The molecular formula is C17H15F3N6O2. The minimum absolute atomic E-state index is 0.00390. The first-order valence-corrected chi connectivity index (χ1v) is 8.22. The molecule has 2 heterocycles. The molecule has 0 bridgehead atoms. The van der Waals surface area contributed by atoms with Crippen LogP contribution in [0.1, 0.15) is 41.8 Å². The number of hydrogen-bond acceptors (Lipinski definition) is 6. The number of benzene rings is 1. The maximum Gasteiger partial charge on any atom is 0.417 e. The molecule has 3 N–H and O–H groups in total. The standard InChI is InChI=1S/C17H15F3N6O2/c1-2-5-25-16(28)13-11(8-23-25)14(26(22)24-13)15(27)9-3-4-12(17(18,19)20)10(6-9)7-21/h3-4,6,8,15,27H,2,5,22H2,1H3. The molecule has 0 spiro atoms. The van der Waals surface area contributed by atoms with Crippen molar-refractivity contribution in [3.63, 3.8) is 0 Å². The van der Waals surface area contributed by atoms with Gasteiger partial charge >= 0.3 is 6.18 Å². The van der Waals surface area contributed by atoms with E-state index in [-0.39, 0.29) is 22.2 Å². The van der Waals surface area contributed by atoms with Crippen LogP contribution in [0, 0.1) is 11.3 Å². The van der Waals surface area contributed by atoms with Gasteiger partial charge in [0.1, 0.15) is 11.8 Å². The molecule has 28 heavy (non-hydrogen) atoms. The predicted octanol–water partition coefficient (Wildman–Crippen LogP) is 1.69. The topological polar surface area (TPSA) is 123 Å². The number of hydrogen-bond donors (Lipinski definition) is 2. The van der Waals surface area contributed by atoms with E-state index in [0.29, 0.717) is 19.0 Å². The van der Waals surface area contributed by atoms with Gasteiger partial charge in [0.2, 0.25) is 0 Å². The van der Waals surface area contributed by atoms with E-state index < -0.39 is 29.0 Å². The summed E-state index contributed by atoms with van der Waals surface area (Å²) in [5, 5.41) is 27.8. The lowest BCUT2D eigenvalue weighted by molar-refractivity contribution is -0.137. The summed E-state index contributed by atoms with van der Waals surface area (Å²) < 4.78 is 40.1. The molecule has 1 aromatic carbocycles. The number of nitrogens with two attached hydrogens (primary N) is 1. The SMILES string of the molecule is CCCn1ncc2c(C(O)c3ccc(C(F)(F)F)c(C#N)c3)n(N)nc2c1=O. The van der Waals surface area contributed by atoms with Crippen molar-refractivity contribution >= 4 is 10.9 Å². The van der Waals surface area contributed by atoms with Crippen LogP contribution in [0.15, 0.2) is 29.2 Å². The van der Waals surface area contributed by atoms with Crippen LogP contribution in [0.4, 0.5) is 13.2 Å². The second-order valence-corrected chi connectivity index (χ2v) is 6.08. The van der Waals surface area contributed by atoms with Gasteiger partial charge in [0.15, 0.2) is 5.52 Å². The first-order chi connectivity index (χ1) is 13.2. The summed E-state index contributed by atoms with van der Waals surface area (Å²) in [6, 6.07) is 4.16. The molecule has 0 aliphatic carbocycles. The number of nitrogens with zero attached hydrogens (tertiary/aromatic N) is 5. The molecule has 3 rings (SSSR count). The van der Waals surface area contributed by atoms with Crippen molar-refractivity contribution in [1.82, 2.24) is 19.7 Å². The molecule has 0 aliphatic heterocycles. The molecule has 1 atom stereocenters. The molecule has 8 nitrogen and oxygen atoms in total. The third kappa shape index (κ3) is 3.18. The maximum atomic E-state index is 13.0. The Labute approximate surface area is 156 Å². The number of aromatic nitrogens is 4. The second-order valence-electron chi connectivity index (χ2n) is 6.08.